The van der Waals surface area contributed by atoms with Gasteiger partial charge in [-0.3, -0.25) is 9.78 Å². The number of aromatic nitrogens is 3. The average Bonchev–Trinajstić information content (AvgIpc) is 3.25. The van der Waals surface area contributed by atoms with E-state index in [2.05, 4.69) is 20.3 Å². The molecule has 0 spiro atoms. The number of pyridine rings is 1. The van der Waals surface area contributed by atoms with Gasteiger partial charge in [0, 0.05) is 36.7 Å². The first-order valence-corrected chi connectivity index (χ1v) is 10.5. The molecule has 1 aliphatic rings. The molecule has 32 heavy (non-hydrogen) atoms. The van der Waals surface area contributed by atoms with Crippen molar-refractivity contribution < 1.29 is 27.4 Å². The van der Waals surface area contributed by atoms with Crippen LogP contribution in [0.15, 0.2) is 53.9 Å². The average molecular weight is 462 g/mol. The number of benzene rings is 1. The number of fused-ring (bicyclic) bond motifs is 1. The number of nitrogens with zero attached hydrogens (tertiary/aromatic N) is 3. The summed E-state index contributed by atoms with van der Waals surface area (Å²) in [4.78, 5) is 23.9. The van der Waals surface area contributed by atoms with E-state index in [1.165, 1.54) is 0 Å². The largest absolute Gasteiger partial charge is 0.454 e. The quantitative estimate of drug-likeness (QED) is 0.418. The third kappa shape index (κ3) is 5.47. The first-order valence-electron chi connectivity index (χ1n) is 9.53. The monoisotopic (exact) mass is 462 g/mol. The molecule has 11 heteroatoms. The summed E-state index contributed by atoms with van der Waals surface area (Å²) in [6.45, 7) is 0.381. The Bertz CT molecular complexity index is 1110. The maximum Gasteiger partial charge on any atom is 0.433 e. The number of hydrogen-bond donors (Lipinski definition) is 1. The van der Waals surface area contributed by atoms with Crippen LogP contribution in [0.25, 0.3) is 11.3 Å². The van der Waals surface area contributed by atoms with Crippen LogP contribution in [-0.4, -0.2) is 33.4 Å². The lowest BCUT2D eigenvalue weighted by atomic mass is 10.1. The van der Waals surface area contributed by atoms with Crippen molar-refractivity contribution >= 4 is 17.7 Å². The van der Waals surface area contributed by atoms with Crippen molar-refractivity contribution in [2.75, 3.05) is 12.5 Å². The fraction of sp³-hybridized carbons (Fsp3) is 0.238. The molecule has 1 aliphatic heterocycles. The number of halogens is 3. The fourth-order valence-corrected chi connectivity index (χ4v) is 3.66. The maximum atomic E-state index is 13.4. The van der Waals surface area contributed by atoms with Crippen molar-refractivity contribution in [2.45, 2.75) is 24.3 Å². The lowest BCUT2D eigenvalue weighted by Gasteiger charge is -2.11. The summed E-state index contributed by atoms with van der Waals surface area (Å²) in [5.41, 5.74) is 0.346. The van der Waals surface area contributed by atoms with E-state index in [0.29, 0.717) is 23.6 Å². The van der Waals surface area contributed by atoms with E-state index >= 15 is 0 Å². The number of hydrogen-bond acceptors (Lipinski definition) is 7. The number of carbonyl (C=O) groups is 1. The molecule has 166 valence electrons. The first-order chi connectivity index (χ1) is 15.4. The number of rotatable bonds is 7. The van der Waals surface area contributed by atoms with Crippen LogP contribution in [0.3, 0.4) is 0 Å². The Morgan fingerprint density at radius 2 is 1.97 bits per heavy atom. The summed E-state index contributed by atoms with van der Waals surface area (Å²) in [7, 11) is 0. The predicted molar refractivity (Wildman–Crippen MR) is 110 cm³/mol. The van der Waals surface area contributed by atoms with Gasteiger partial charge in [-0.05, 0) is 35.9 Å². The Labute approximate surface area is 185 Å². The molecule has 7 nitrogen and oxygen atoms in total. The Morgan fingerprint density at radius 1 is 1.12 bits per heavy atom. The molecule has 0 radical (unpaired) electrons. The molecule has 4 rings (SSSR count). The molecule has 3 heterocycles. The van der Waals surface area contributed by atoms with Crippen LogP contribution in [-0.2, 0) is 17.5 Å². The van der Waals surface area contributed by atoms with Crippen molar-refractivity contribution in [1.29, 1.82) is 0 Å². The van der Waals surface area contributed by atoms with Crippen LogP contribution in [0.2, 0.25) is 0 Å². The van der Waals surface area contributed by atoms with E-state index in [1.54, 1.807) is 36.7 Å². The zero-order valence-corrected chi connectivity index (χ0v) is 17.4. The van der Waals surface area contributed by atoms with Gasteiger partial charge < -0.3 is 14.8 Å². The minimum absolute atomic E-state index is 0.0559. The van der Waals surface area contributed by atoms with E-state index in [0.717, 1.165) is 23.4 Å². The van der Waals surface area contributed by atoms with Gasteiger partial charge in [0.25, 0.3) is 0 Å². The van der Waals surface area contributed by atoms with Crippen LogP contribution in [0.1, 0.15) is 17.7 Å². The molecule has 1 N–H and O–H groups in total. The lowest BCUT2D eigenvalue weighted by Crippen LogP contribution is -2.23. The van der Waals surface area contributed by atoms with Crippen molar-refractivity contribution in [2.24, 2.45) is 0 Å². The van der Waals surface area contributed by atoms with E-state index in [-0.39, 0.29) is 35.7 Å². The first kappa shape index (κ1) is 21.9. The normalized spacial score (nSPS) is 12.6. The second kappa shape index (κ2) is 9.43. The molecule has 0 bridgehead atoms. The summed E-state index contributed by atoms with van der Waals surface area (Å²) in [6.07, 6.45) is -1.26. The van der Waals surface area contributed by atoms with Crippen LogP contribution >= 0.6 is 11.8 Å². The van der Waals surface area contributed by atoms with Crippen LogP contribution < -0.4 is 14.8 Å². The molecule has 0 saturated heterocycles. The van der Waals surface area contributed by atoms with Crippen LogP contribution in [0, 0.1) is 0 Å². The standard InChI is InChI=1S/C21H17F3N4O3S/c22-21(23,24)18-9-15(14-3-4-16-17(8-14)31-12-30-16)27-20(28-18)32-7-5-19(29)26-11-13-2-1-6-25-10-13/h1-4,6,8-10H,5,7,11-12H2,(H,26,29). The predicted octanol–water partition coefficient (Wildman–Crippen LogP) is 4.08. The molecule has 0 fully saturated rings. The van der Waals surface area contributed by atoms with Crippen molar-refractivity contribution in [3.63, 3.8) is 0 Å². The van der Waals surface area contributed by atoms with Crippen LogP contribution in [0.4, 0.5) is 13.2 Å². The summed E-state index contributed by atoms with van der Waals surface area (Å²) in [6, 6.07) is 9.28. The molecular weight excluding hydrogens is 445 g/mol. The number of carbonyl (C=O) groups excluding carboxylic acids is 1. The van der Waals surface area contributed by atoms with Crippen molar-refractivity contribution in [1.82, 2.24) is 20.3 Å². The number of alkyl halides is 3. The maximum absolute atomic E-state index is 13.4. The number of nitrogens with one attached hydrogen (secondary N) is 1. The fourth-order valence-electron chi connectivity index (χ4n) is 2.87. The van der Waals surface area contributed by atoms with E-state index in [9.17, 15) is 18.0 Å². The minimum Gasteiger partial charge on any atom is -0.454 e. The highest BCUT2D eigenvalue weighted by atomic mass is 32.2. The highest BCUT2D eigenvalue weighted by Gasteiger charge is 2.34. The van der Waals surface area contributed by atoms with Gasteiger partial charge in [0.1, 0.15) is 5.69 Å². The van der Waals surface area contributed by atoms with Crippen LogP contribution in [0.5, 0.6) is 11.5 Å². The van der Waals surface area contributed by atoms with Gasteiger partial charge in [-0.2, -0.15) is 13.2 Å². The van der Waals surface area contributed by atoms with Gasteiger partial charge >= 0.3 is 6.18 Å². The van der Waals surface area contributed by atoms with Gasteiger partial charge in [-0.15, -0.1) is 0 Å². The summed E-state index contributed by atoms with van der Waals surface area (Å²) in [5, 5.41) is 2.68. The Morgan fingerprint density at radius 3 is 2.75 bits per heavy atom. The third-order valence-corrected chi connectivity index (χ3v) is 5.29. The lowest BCUT2D eigenvalue weighted by molar-refractivity contribution is -0.141. The molecular formula is C21H17F3N4O3S. The summed E-state index contributed by atoms with van der Waals surface area (Å²) >= 11 is 0.984. The second-order valence-corrected chi connectivity index (χ2v) is 7.79. The van der Waals surface area contributed by atoms with Gasteiger partial charge in [0.15, 0.2) is 16.7 Å². The highest BCUT2D eigenvalue weighted by Crippen LogP contribution is 2.37. The Kier molecular flexibility index (Phi) is 6.45. The molecule has 1 amide bonds. The molecule has 2 aromatic heterocycles. The second-order valence-electron chi connectivity index (χ2n) is 6.72. The van der Waals surface area contributed by atoms with E-state index in [4.69, 9.17) is 9.47 Å². The number of thioether (sulfide) groups is 1. The summed E-state index contributed by atoms with van der Waals surface area (Å²) in [5.74, 6) is 0.949. The number of amides is 1. The van der Waals surface area contributed by atoms with Gasteiger partial charge in [0.05, 0.1) is 5.69 Å². The highest BCUT2D eigenvalue weighted by molar-refractivity contribution is 7.99. The molecule has 1 aromatic carbocycles. The minimum atomic E-state index is -4.63. The topological polar surface area (TPSA) is 86.2 Å². The summed E-state index contributed by atoms with van der Waals surface area (Å²) < 4.78 is 50.7. The Hall–Kier alpha value is -3.34. The molecule has 0 atom stereocenters. The molecule has 0 saturated carbocycles. The van der Waals surface area contributed by atoms with Crippen molar-refractivity contribution in [3.05, 3.63) is 60.0 Å². The van der Waals surface area contributed by atoms with E-state index in [1.807, 2.05) is 6.07 Å². The molecule has 0 unspecified atom stereocenters. The third-order valence-electron chi connectivity index (χ3n) is 4.44. The molecule has 0 aliphatic carbocycles. The molecule has 3 aromatic rings. The Balaban J connectivity index is 1.43. The van der Waals surface area contributed by atoms with E-state index < -0.39 is 11.9 Å². The SMILES string of the molecule is O=C(CCSc1nc(-c2ccc3c(c2)OCO3)cc(C(F)(F)F)n1)NCc1cccnc1. The van der Waals surface area contributed by atoms with Crippen molar-refractivity contribution in [3.8, 4) is 22.8 Å². The zero-order chi connectivity index (χ0) is 22.6. The van der Waals surface area contributed by atoms with Gasteiger partial charge in [0.2, 0.25) is 12.7 Å². The number of ether oxygens (including phenoxy) is 2. The zero-order valence-electron chi connectivity index (χ0n) is 16.6. The van der Waals surface area contributed by atoms with Gasteiger partial charge in [-0.25, -0.2) is 9.97 Å². The smallest absolute Gasteiger partial charge is 0.433 e. The van der Waals surface area contributed by atoms with Gasteiger partial charge in [-0.1, -0.05) is 17.8 Å².